The molecule has 0 fully saturated rings. The van der Waals surface area contributed by atoms with Crippen molar-refractivity contribution in [3.8, 4) is 39.5 Å². The summed E-state index contributed by atoms with van der Waals surface area (Å²) in [6.07, 6.45) is 1.78. The zero-order valence-electron chi connectivity index (χ0n) is 45.1. The average molecular weight is 1010 g/mol. The largest absolute Gasteiger partial charge is 0.497 e. The Bertz CT molecular complexity index is 3570. The first-order valence-electron chi connectivity index (χ1n) is 25.3. The van der Waals surface area contributed by atoms with Crippen molar-refractivity contribution in [2.45, 2.75) is 86.3 Å². The Morgan fingerprint density at radius 1 is 0.683 bits per heavy atom. The van der Waals surface area contributed by atoms with Crippen LogP contribution in [0.5, 0.6) is 0 Å². The third kappa shape index (κ3) is 8.17. The molecule has 7 heteroatoms. The van der Waals surface area contributed by atoms with Gasteiger partial charge in [-0.1, -0.05) is 122 Å². The molecule has 0 spiro atoms. The minimum Gasteiger partial charge on any atom is -0.497 e. The second kappa shape index (κ2) is 17.2. The van der Waals surface area contributed by atoms with Crippen molar-refractivity contribution in [3.63, 3.8) is 0 Å². The summed E-state index contributed by atoms with van der Waals surface area (Å²) >= 11 is 0. The van der Waals surface area contributed by atoms with Crippen molar-refractivity contribution in [1.29, 1.82) is 0 Å². The second-order valence-corrected chi connectivity index (χ2v) is 17.3. The van der Waals surface area contributed by atoms with Gasteiger partial charge >= 0.3 is 0 Å². The Kier molecular flexibility index (Phi) is 9.13. The summed E-state index contributed by atoms with van der Waals surface area (Å²) in [6, 6.07) is 42.8. The van der Waals surface area contributed by atoms with E-state index in [0.29, 0.717) is 33.2 Å². The molecule has 1 radical (unpaired) electrons. The molecule has 6 nitrogen and oxygen atoms in total. The van der Waals surface area contributed by atoms with Crippen LogP contribution in [0.4, 0.5) is 0 Å². The van der Waals surface area contributed by atoms with E-state index in [9.17, 15) is 0 Å². The van der Waals surface area contributed by atoms with Crippen LogP contribution < -0.4 is 0 Å². The van der Waals surface area contributed by atoms with Crippen LogP contribution in [0.25, 0.3) is 83.5 Å². The van der Waals surface area contributed by atoms with E-state index in [1.165, 1.54) is 17.7 Å². The van der Waals surface area contributed by atoms with Crippen molar-refractivity contribution >= 4 is 44.1 Å². The topological polar surface area (TPSA) is 69.9 Å². The molecule has 0 atom stereocenters. The van der Waals surface area contributed by atoms with E-state index in [1.807, 2.05) is 54.6 Å². The van der Waals surface area contributed by atoms with Crippen molar-refractivity contribution < 1.29 is 41.3 Å². The second-order valence-electron chi connectivity index (χ2n) is 17.3. The molecular weight excluding hydrogens is 953 g/mol. The molecule has 4 aromatic heterocycles. The molecule has 0 bridgehead atoms. The number of imidazole rings is 1. The fraction of sp³-hybridized carbons (Fsp3) is 0.232. The van der Waals surface area contributed by atoms with E-state index in [1.54, 1.807) is 30.5 Å². The predicted octanol–water partition coefficient (Wildman–Crippen LogP) is 15.2. The Labute approximate surface area is 396 Å². The van der Waals surface area contributed by atoms with Gasteiger partial charge in [-0.2, -0.15) is 0 Å². The SMILES string of the molecule is [2H]C([2H])([2H])c1c[c-]c(-c2cc(C(C)(C)C)ccn2)cc1.[2H]C([2H])([2H])c1nc2ccc3c(oc4c(-c5nc6ccccc6n5-c5c(C(C)C)cc(-c6ccccc6)cc5C(C)C)[c-]cc(C([2H])([2H])[2H])c43)c2o1.[Ir]. The van der Waals surface area contributed by atoms with Gasteiger partial charge in [0.25, 0.3) is 0 Å². The minimum absolute atomic E-state index is 0. The number of pyridine rings is 1. The third-order valence-electron chi connectivity index (χ3n) is 11.3. The number of aromatic nitrogens is 4. The van der Waals surface area contributed by atoms with E-state index < -0.39 is 26.4 Å². The molecule has 0 aliphatic rings. The van der Waals surface area contributed by atoms with Gasteiger partial charge in [0.2, 0.25) is 0 Å². The molecule has 0 aliphatic heterocycles. The maximum absolute atomic E-state index is 8.44. The van der Waals surface area contributed by atoms with Crippen LogP contribution in [0.3, 0.4) is 0 Å². The summed E-state index contributed by atoms with van der Waals surface area (Å²) in [5.74, 6) is 0.382. The normalized spacial score (nSPS) is 14.5. The molecule has 63 heavy (non-hydrogen) atoms. The number of hydrogen-bond donors (Lipinski definition) is 0. The van der Waals surface area contributed by atoms with E-state index in [-0.39, 0.29) is 59.7 Å². The van der Waals surface area contributed by atoms with E-state index >= 15 is 0 Å². The third-order valence-corrected chi connectivity index (χ3v) is 11.3. The molecule has 4 heterocycles. The first kappa shape index (κ1) is 33.4. The Morgan fingerprint density at radius 3 is 2.13 bits per heavy atom. The van der Waals surface area contributed by atoms with E-state index in [2.05, 4.69) is 99.4 Å². The quantitative estimate of drug-likeness (QED) is 0.155. The maximum Gasteiger partial charge on any atom is 0.196 e. The Balaban J connectivity index is 0.000000278. The van der Waals surface area contributed by atoms with Gasteiger partial charge in [-0.25, -0.2) is 4.98 Å². The van der Waals surface area contributed by atoms with E-state index in [4.69, 9.17) is 26.2 Å². The molecule has 0 amide bonds. The summed E-state index contributed by atoms with van der Waals surface area (Å²) in [4.78, 5) is 13.7. The number of fused-ring (bicyclic) bond motifs is 6. The predicted molar refractivity (Wildman–Crippen MR) is 255 cm³/mol. The standard InChI is InChI=1S/C40H34N3O2.C16H18N.Ir/c1-22(2)30-20-27(26-12-8-7-9-13-26)21-31(23(3)4)36(30)43-34-15-11-10-14-32(34)42-40(43)29-17-16-24(5)35-28-18-19-33-39(44-25(6)41-33)38(28)45-37(29)35;1-12-5-7-13(8-6-12)15-11-14(9-10-17-15)16(2,3)4;/h7-16,18-23H,1-6H3;5-7,9-11H,1-4H3;/q2*-1;/i5D3,6D3;1D3;. The van der Waals surface area contributed by atoms with Gasteiger partial charge in [-0.05, 0) is 93.2 Å². The van der Waals surface area contributed by atoms with E-state index in [0.717, 1.165) is 50.2 Å². The molecule has 10 rings (SSSR count). The Hall–Kier alpha value is -6.14. The first-order valence-corrected chi connectivity index (χ1v) is 20.8. The molecule has 0 N–H and O–H groups in total. The zero-order valence-corrected chi connectivity index (χ0v) is 38.5. The van der Waals surface area contributed by atoms with Crippen LogP contribution >= 0.6 is 0 Å². The van der Waals surface area contributed by atoms with Gasteiger partial charge in [-0.15, -0.1) is 53.1 Å². The van der Waals surface area contributed by atoms with Crippen LogP contribution in [0.1, 0.15) is 106 Å². The number of aryl methyl sites for hydroxylation is 3. The van der Waals surface area contributed by atoms with Gasteiger partial charge in [0, 0.05) is 56.6 Å². The van der Waals surface area contributed by atoms with Gasteiger partial charge in [-0.3, -0.25) is 4.98 Å². The van der Waals surface area contributed by atoms with Crippen molar-refractivity contribution in [2.24, 2.45) is 0 Å². The first-order chi connectivity index (χ1) is 33.4. The van der Waals surface area contributed by atoms with Crippen LogP contribution in [0.2, 0.25) is 0 Å². The molecule has 0 aliphatic carbocycles. The van der Waals surface area contributed by atoms with Gasteiger partial charge in [0.15, 0.2) is 17.1 Å². The molecule has 6 aromatic carbocycles. The number of rotatable bonds is 6. The zero-order chi connectivity index (χ0) is 50.9. The van der Waals surface area contributed by atoms with Crippen LogP contribution in [-0.4, -0.2) is 19.5 Å². The summed E-state index contributed by atoms with van der Waals surface area (Å²) in [6.45, 7) is 7.99. The van der Waals surface area contributed by atoms with Crippen LogP contribution in [0.15, 0.2) is 130 Å². The van der Waals surface area contributed by atoms with Crippen molar-refractivity contribution in [1.82, 2.24) is 19.5 Å². The van der Waals surface area contributed by atoms with Crippen LogP contribution in [0, 0.1) is 32.7 Å². The number of para-hydroxylation sites is 2. The number of furan rings is 1. The summed E-state index contributed by atoms with van der Waals surface area (Å²) in [7, 11) is 0. The summed E-state index contributed by atoms with van der Waals surface area (Å²) in [5, 5.41) is 0.825. The monoisotopic (exact) mass is 1010 g/mol. The van der Waals surface area contributed by atoms with Crippen LogP contribution in [-0.2, 0) is 25.5 Å². The van der Waals surface area contributed by atoms with Gasteiger partial charge in [0.05, 0.1) is 22.4 Å². The Morgan fingerprint density at radius 2 is 1.44 bits per heavy atom. The molecule has 319 valence electrons. The molecule has 0 saturated heterocycles. The fourth-order valence-corrected chi connectivity index (χ4v) is 8.10. The number of nitrogens with zero attached hydrogens (tertiary/aromatic N) is 4. The fourth-order valence-electron chi connectivity index (χ4n) is 8.10. The van der Waals surface area contributed by atoms with Crippen molar-refractivity contribution in [3.05, 3.63) is 167 Å². The number of oxazole rings is 1. The minimum atomic E-state index is -2.58. The van der Waals surface area contributed by atoms with Crippen molar-refractivity contribution in [2.75, 3.05) is 0 Å². The average Bonchev–Trinajstić information content (AvgIpc) is 4.05. The number of hydrogen-bond acceptors (Lipinski definition) is 5. The van der Waals surface area contributed by atoms with Gasteiger partial charge in [0.1, 0.15) is 5.52 Å². The molecule has 0 unspecified atom stereocenters. The molecule has 10 aromatic rings. The molecule has 0 saturated carbocycles. The smallest absolute Gasteiger partial charge is 0.196 e. The maximum atomic E-state index is 8.44. The van der Waals surface area contributed by atoms with Gasteiger partial charge < -0.3 is 18.4 Å². The number of benzene rings is 6. The summed E-state index contributed by atoms with van der Waals surface area (Å²) in [5.41, 5.74) is 11.7. The summed E-state index contributed by atoms with van der Waals surface area (Å²) < 4.78 is 85.5. The molecular formula is C56H52IrN4O2-2.